The fourth-order valence-corrected chi connectivity index (χ4v) is 6.09. The second-order valence-electron chi connectivity index (χ2n) is 7.46. The molecule has 148 valence electrons. The number of rotatable bonds is 3. The van der Waals surface area contributed by atoms with Gasteiger partial charge in [-0.15, -0.1) is 0 Å². The smallest absolute Gasteiger partial charge is 0.273 e. The molecule has 2 atom stereocenters. The number of sulfone groups is 1. The van der Waals surface area contributed by atoms with Gasteiger partial charge in [-0.1, -0.05) is 42.5 Å². The van der Waals surface area contributed by atoms with Gasteiger partial charge in [-0.2, -0.15) is 5.10 Å². The maximum atomic E-state index is 13.3. The van der Waals surface area contributed by atoms with Gasteiger partial charge in [-0.25, -0.2) is 8.42 Å². The molecule has 2 aliphatic rings. The third-order valence-corrected chi connectivity index (χ3v) is 7.43. The number of para-hydroxylation sites is 1. The van der Waals surface area contributed by atoms with Crippen molar-refractivity contribution in [2.45, 2.75) is 18.5 Å². The van der Waals surface area contributed by atoms with Crippen molar-refractivity contribution >= 4 is 15.7 Å². The quantitative estimate of drug-likeness (QED) is 0.692. The molecule has 29 heavy (non-hydrogen) atoms. The molecule has 2 aromatic carbocycles. The van der Waals surface area contributed by atoms with E-state index in [9.17, 15) is 18.3 Å². The van der Waals surface area contributed by atoms with Crippen molar-refractivity contribution in [3.05, 3.63) is 71.4 Å². The summed E-state index contributed by atoms with van der Waals surface area (Å²) in [6, 6.07) is 15.5. The molecule has 0 bridgehead atoms. The Balaban J connectivity index is 1.69. The Hall–Kier alpha value is -3.13. The molecule has 0 spiro atoms. The lowest BCUT2D eigenvalue weighted by molar-refractivity contribution is 0.0678. The average Bonchev–Trinajstić information content (AvgIpc) is 3.36. The van der Waals surface area contributed by atoms with Crippen LogP contribution >= 0.6 is 0 Å². The van der Waals surface area contributed by atoms with Crippen molar-refractivity contribution in [1.82, 2.24) is 15.1 Å². The minimum absolute atomic E-state index is 0.0360. The highest BCUT2D eigenvalue weighted by Crippen LogP contribution is 2.46. The maximum absolute atomic E-state index is 13.3. The molecule has 7 nitrogen and oxygen atoms in total. The number of nitrogens with zero attached hydrogens (tertiary/aromatic N) is 2. The first kappa shape index (κ1) is 17.9. The van der Waals surface area contributed by atoms with Crippen LogP contribution in [0.15, 0.2) is 54.6 Å². The van der Waals surface area contributed by atoms with Gasteiger partial charge in [0.25, 0.3) is 5.91 Å². The highest BCUT2D eigenvalue weighted by Gasteiger charge is 2.48. The van der Waals surface area contributed by atoms with E-state index in [0.717, 1.165) is 5.56 Å². The summed E-state index contributed by atoms with van der Waals surface area (Å²) in [6.07, 6.45) is 0.418. The molecular weight excluding hydrogens is 390 g/mol. The predicted molar refractivity (Wildman–Crippen MR) is 107 cm³/mol. The van der Waals surface area contributed by atoms with Crippen LogP contribution in [-0.4, -0.2) is 52.1 Å². The summed E-state index contributed by atoms with van der Waals surface area (Å²) < 4.78 is 24.2. The number of aromatic hydroxyl groups is 1. The SMILES string of the molecule is O=C1c2[nH]nc(-c3ccccc3O)c2[C@@H](c2ccccc2)N1[C@H]1CCS(=O)(=O)C1. The van der Waals surface area contributed by atoms with Crippen LogP contribution < -0.4 is 0 Å². The highest BCUT2D eigenvalue weighted by molar-refractivity contribution is 7.91. The number of fused-ring (bicyclic) bond motifs is 1. The largest absolute Gasteiger partial charge is 0.507 e. The van der Waals surface area contributed by atoms with Gasteiger partial charge in [0.1, 0.15) is 17.1 Å². The first-order valence-electron chi connectivity index (χ1n) is 9.41. The third kappa shape index (κ3) is 2.82. The van der Waals surface area contributed by atoms with E-state index < -0.39 is 21.9 Å². The lowest BCUT2D eigenvalue weighted by Gasteiger charge is -2.31. The van der Waals surface area contributed by atoms with Crippen molar-refractivity contribution in [3.63, 3.8) is 0 Å². The molecule has 1 fully saturated rings. The van der Waals surface area contributed by atoms with Crippen molar-refractivity contribution in [1.29, 1.82) is 0 Å². The normalized spacial score (nSPS) is 22.8. The summed E-state index contributed by atoms with van der Waals surface area (Å²) in [4.78, 5) is 15.0. The topological polar surface area (TPSA) is 103 Å². The Morgan fingerprint density at radius 3 is 2.48 bits per heavy atom. The van der Waals surface area contributed by atoms with Crippen LogP contribution in [-0.2, 0) is 9.84 Å². The molecule has 0 aliphatic carbocycles. The van der Waals surface area contributed by atoms with E-state index in [0.29, 0.717) is 28.9 Å². The zero-order chi connectivity index (χ0) is 20.2. The molecule has 8 heteroatoms. The van der Waals surface area contributed by atoms with Gasteiger partial charge in [0.15, 0.2) is 9.84 Å². The molecule has 2 N–H and O–H groups in total. The van der Waals surface area contributed by atoms with Crippen LogP contribution in [0.25, 0.3) is 11.3 Å². The van der Waals surface area contributed by atoms with E-state index in [4.69, 9.17) is 0 Å². The molecule has 0 radical (unpaired) electrons. The molecule has 3 heterocycles. The lowest BCUT2D eigenvalue weighted by atomic mass is 9.95. The maximum Gasteiger partial charge on any atom is 0.273 e. The van der Waals surface area contributed by atoms with Crippen molar-refractivity contribution < 1.29 is 18.3 Å². The number of benzene rings is 2. The van der Waals surface area contributed by atoms with Crippen LogP contribution in [0.2, 0.25) is 0 Å². The standard InChI is InChI=1S/C21H19N3O4S/c25-16-9-5-4-8-15(16)18-17-19(23-22-18)21(26)24(14-10-11-29(27,28)12-14)20(17)13-6-2-1-3-7-13/h1-9,14,20,25H,10-12H2,(H,22,23)/t14-,20+/m0/s1. The predicted octanol–water partition coefficient (Wildman–Crippen LogP) is 2.51. The third-order valence-electron chi connectivity index (χ3n) is 5.68. The van der Waals surface area contributed by atoms with Crippen LogP contribution in [0.4, 0.5) is 0 Å². The number of phenolic OH excluding ortho intramolecular Hbond substituents is 1. The Labute approximate surface area is 167 Å². The summed E-state index contributed by atoms with van der Waals surface area (Å²) in [5.41, 5.74) is 2.93. The molecule has 1 aromatic heterocycles. The van der Waals surface area contributed by atoms with Crippen molar-refractivity contribution in [2.24, 2.45) is 0 Å². The van der Waals surface area contributed by atoms with Crippen LogP contribution in [0.3, 0.4) is 0 Å². The van der Waals surface area contributed by atoms with Gasteiger partial charge in [-0.3, -0.25) is 9.89 Å². The monoisotopic (exact) mass is 409 g/mol. The number of hydrogen-bond donors (Lipinski definition) is 2. The van der Waals surface area contributed by atoms with E-state index in [1.54, 1.807) is 29.2 Å². The second-order valence-corrected chi connectivity index (χ2v) is 9.69. The molecule has 0 saturated carbocycles. The number of aromatic nitrogens is 2. The summed E-state index contributed by atoms with van der Waals surface area (Å²) in [5.74, 6) is -0.138. The van der Waals surface area contributed by atoms with E-state index in [-0.39, 0.29) is 23.2 Å². The average molecular weight is 409 g/mol. The van der Waals surface area contributed by atoms with Crippen LogP contribution in [0.1, 0.15) is 34.1 Å². The molecule has 0 unspecified atom stereocenters. The first-order chi connectivity index (χ1) is 14.0. The molecule has 1 amide bonds. The minimum Gasteiger partial charge on any atom is -0.507 e. The number of hydrogen-bond acceptors (Lipinski definition) is 5. The number of H-pyrrole nitrogens is 1. The Bertz CT molecular complexity index is 1200. The summed E-state index contributed by atoms with van der Waals surface area (Å²) in [5, 5.41) is 17.5. The summed E-state index contributed by atoms with van der Waals surface area (Å²) in [6.45, 7) is 0. The van der Waals surface area contributed by atoms with Crippen molar-refractivity contribution in [2.75, 3.05) is 11.5 Å². The minimum atomic E-state index is -3.16. The van der Waals surface area contributed by atoms with Gasteiger partial charge in [0.2, 0.25) is 0 Å². The van der Waals surface area contributed by atoms with Gasteiger partial charge >= 0.3 is 0 Å². The molecule has 2 aliphatic heterocycles. The van der Waals surface area contributed by atoms with E-state index >= 15 is 0 Å². The number of amides is 1. The summed E-state index contributed by atoms with van der Waals surface area (Å²) in [7, 11) is -3.16. The van der Waals surface area contributed by atoms with E-state index in [1.807, 2.05) is 30.3 Å². The van der Waals surface area contributed by atoms with Gasteiger partial charge in [0.05, 0.1) is 17.5 Å². The number of phenols is 1. The fraction of sp³-hybridized carbons (Fsp3) is 0.238. The van der Waals surface area contributed by atoms with E-state index in [2.05, 4.69) is 10.2 Å². The molecular formula is C21H19N3O4S. The second kappa shape index (κ2) is 6.45. The van der Waals surface area contributed by atoms with Crippen molar-refractivity contribution in [3.8, 4) is 17.0 Å². The number of carbonyl (C=O) groups is 1. The number of aromatic amines is 1. The fourth-order valence-electron chi connectivity index (χ4n) is 4.38. The first-order valence-corrected chi connectivity index (χ1v) is 11.2. The Morgan fingerprint density at radius 1 is 1.07 bits per heavy atom. The highest BCUT2D eigenvalue weighted by atomic mass is 32.2. The molecule has 1 saturated heterocycles. The zero-order valence-corrected chi connectivity index (χ0v) is 16.3. The van der Waals surface area contributed by atoms with E-state index in [1.165, 1.54) is 0 Å². The number of nitrogens with one attached hydrogen (secondary N) is 1. The Kier molecular flexibility index (Phi) is 3.99. The zero-order valence-electron chi connectivity index (χ0n) is 15.4. The van der Waals surface area contributed by atoms with Gasteiger partial charge in [-0.05, 0) is 24.1 Å². The molecule has 3 aromatic rings. The molecule has 5 rings (SSSR count). The van der Waals surface area contributed by atoms with Gasteiger partial charge in [0, 0.05) is 17.2 Å². The number of carbonyl (C=O) groups excluding carboxylic acids is 1. The van der Waals surface area contributed by atoms with Gasteiger partial charge < -0.3 is 10.0 Å². The van der Waals surface area contributed by atoms with Crippen LogP contribution in [0, 0.1) is 0 Å². The summed E-state index contributed by atoms with van der Waals surface area (Å²) >= 11 is 0. The Morgan fingerprint density at radius 2 is 1.79 bits per heavy atom. The van der Waals surface area contributed by atoms with Crippen LogP contribution in [0.5, 0.6) is 5.75 Å². The lowest BCUT2D eigenvalue weighted by Crippen LogP contribution is -2.40.